The van der Waals surface area contributed by atoms with Gasteiger partial charge in [0.2, 0.25) is 0 Å². The number of hydrogen-bond acceptors (Lipinski definition) is 2. The molecule has 0 fully saturated rings. The number of carbonyl (C=O) groups is 1. The number of aldehydes is 1. The normalized spacial score (nSPS) is 8.93. The average molecular weight is 267 g/mol. The standard InChI is InChI=1S/C12H11BrO2/c1-2-15-12-6-5-10(4-3-7-13)8-11(12)9-14/h5-6,8-9H,2,7H2,1H3. The lowest BCUT2D eigenvalue weighted by atomic mass is 10.1. The molecule has 0 saturated heterocycles. The van der Waals surface area contributed by atoms with Crippen LogP contribution >= 0.6 is 15.9 Å². The molecule has 0 unspecified atom stereocenters. The van der Waals surface area contributed by atoms with Crippen LogP contribution in [-0.2, 0) is 0 Å². The third-order valence-electron chi connectivity index (χ3n) is 1.74. The number of hydrogen-bond donors (Lipinski definition) is 0. The Kier molecular flexibility index (Phi) is 4.92. The van der Waals surface area contributed by atoms with E-state index in [0.29, 0.717) is 23.2 Å². The predicted molar refractivity (Wildman–Crippen MR) is 63.7 cm³/mol. The first-order valence-corrected chi connectivity index (χ1v) is 5.70. The Labute approximate surface area is 97.8 Å². The van der Waals surface area contributed by atoms with E-state index in [2.05, 4.69) is 27.8 Å². The molecule has 0 aliphatic rings. The van der Waals surface area contributed by atoms with Crippen molar-refractivity contribution in [1.82, 2.24) is 0 Å². The minimum atomic E-state index is 0.540. The maximum Gasteiger partial charge on any atom is 0.153 e. The van der Waals surface area contributed by atoms with Gasteiger partial charge in [0.1, 0.15) is 5.75 Å². The smallest absolute Gasteiger partial charge is 0.153 e. The summed E-state index contributed by atoms with van der Waals surface area (Å²) in [4.78, 5) is 10.8. The number of carbonyl (C=O) groups excluding carboxylic acids is 1. The number of benzene rings is 1. The molecule has 0 amide bonds. The Bertz CT molecular complexity index is 402. The highest BCUT2D eigenvalue weighted by Crippen LogP contribution is 2.17. The fraction of sp³-hybridized carbons (Fsp3) is 0.250. The maximum atomic E-state index is 10.8. The fourth-order valence-electron chi connectivity index (χ4n) is 1.14. The van der Waals surface area contributed by atoms with Crippen molar-refractivity contribution in [2.24, 2.45) is 0 Å². The van der Waals surface area contributed by atoms with Crippen LogP contribution in [0.1, 0.15) is 22.8 Å². The molecule has 78 valence electrons. The van der Waals surface area contributed by atoms with Crippen LogP contribution < -0.4 is 4.74 Å². The van der Waals surface area contributed by atoms with Gasteiger partial charge in [-0.25, -0.2) is 0 Å². The zero-order valence-corrected chi connectivity index (χ0v) is 10.0. The Balaban J connectivity index is 3.01. The Hall–Kier alpha value is -1.27. The van der Waals surface area contributed by atoms with E-state index in [-0.39, 0.29) is 0 Å². The highest BCUT2D eigenvalue weighted by molar-refractivity contribution is 9.09. The van der Waals surface area contributed by atoms with Crippen molar-refractivity contribution < 1.29 is 9.53 Å². The fourth-order valence-corrected chi connectivity index (χ4v) is 1.28. The van der Waals surface area contributed by atoms with Crippen molar-refractivity contribution in [3.05, 3.63) is 29.3 Å². The molecule has 0 spiro atoms. The number of rotatable bonds is 3. The van der Waals surface area contributed by atoms with Gasteiger partial charge in [-0.15, -0.1) is 0 Å². The lowest BCUT2D eigenvalue weighted by molar-refractivity contribution is 0.112. The predicted octanol–water partition coefficient (Wildman–Crippen LogP) is 2.64. The SMILES string of the molecule is CCOc1ccc(C#CCBr)cc1C=O. The van der Waals surface area contributed by atoms with Crippen molar-refractivity contribution in [2.75, 3.05) is 11.9 Å². The van der Waals surface area contributed by atoms with Crippen LogP contribution in [0.5, 0.6) is 5.75 Å². The third kappa shape index (κ3) is 3.41. The first kappa shape index (κ1) is 11.8. The Morgan fingerprint density at radius 3 is 2.93 bits per heavy atom. The van der Waals surface area contributed by atoms with Gasteiger partial charge in [0.05, 0.1) is 17.5 Å². The summed E-state index contributed by atoms with van der Waals surface area (Å²) in [6.07, 6.45) is 0.782. The minimum Gasteiger partial charge on any atom is -0.493 e. The molecule has 0 saturated carbocycles. The van der Waals surface area contributed by atoms with Crippen LogP contribution in [0, 0.1) is 11.8 Å². The van der Waals surface area contributed by atoms with Gasteiger partial charge in [-0.2, -0.15) is 0 Å². The van der Waals surface area contributed by atoms with Gasteiger partial charge in [-0.3, -0.25) is 4.79 Å². The van der Waals surface area contributed by atoms with Gasteiger partial charge in [0.15, 0.2) is 6.29 Å². The molecule has 0 radical (unpaired) electrons. The molecule has 15 heavy (non-hydrogen) atoms. The van der Waals surface area contributed by atoms with Gasteiger partial charge < -0.3 is 4.74 Å². The summed E-state index contributed by atoms with van der Waals surface area (Å²) in [5.41, 5.74) is 1.36. The molecule has 0 aliphatic carbocycles. The second kappa shape index (κ2) is 6.26. The summed E-state index contributed by atoms with van der Waals surface area (Å²) in [7, 11) is 0. The highest BCUT2D eigenvalue weighted by atomic mass is 79.9. The summed E-state index contributed by atoms with van der Waals surface area (Å²) >= 11 is 3.21. The van der Waals surface area contributed by atoms with Gasteiger partial charge in [0, 0.05) is 5.56 Å². The van der Waals surface area contributed by atoms with Gasteiger partial charge in [0.25, 0.3) is 0 Å². The summed E-state index contributed by atoms with van der Waals surface area (Å²) in [5, 5.41) is 0.622. The van der Waals surface area contributed by atoms with Crippen molar-refractivity contribution in [1.29, 1.82) is 0 Å². The van der Waals surface area contributed by atoms with Gasteiger partial charge in [-0.1, -0.05) is 27.8 Å². The summed E-state index contributed by atoms with van der Waals surface area (Å²) in [6, 6.07) is 5.34. The van der Waals surface area contributed by atoms with Crippen molar-refractivity contribution in [2.45, 2.75) is 6.92 Å². The number of halogens is 1. The molecule has 2 nitrogen and oxygen atoms in total. The number of ether oxygens (including phenoxy) is 1. The van der Waals surface area contributed by atoms with E-state index in [1.807, 2.05) is 13.0 Å². The molecule has 0 aromatic heterocycles. The van der Waals surface area contributed by atoms with Crippen LogP contribution in [0.15, 0.2) is 18.2 Å². The second-order valence-corrected chi connectivity index (χ2v) is 3.30. The van der Waals surface area contributed by atoms with Gasteiger partial charge >= 0.3 is 0 Å². The van der Waals surface area contributed by atoms with E-state index in [9.17, 15) is 4.79 Å². The van der Waals surface area contributed by atoms with Crippen LogP contribution in [0.25, 0.3) is 0 Å². The zero-order chi connectivity index (χ0) is 11.1. The Morgan fingerprint density at radius 2 is 2.33 bits per heavy atom. The summed E-state index contributed by atoms with van der Waals surface area (Å²) in [6.45, 7) is 2.43. The van der Waals surface area contributed by atoms with E-state index >= 15 is 0 Å². The molecular weight excluding hydrogens is 256 g/mol. The lowest BCUT2D eigenvalue weighted by Crippen LogP contribution is -1.96. The molecule has 0 N–H and O–H groups in total. The van der Waals surface area contributed by atoms with E-state index in [1.54, 1.807) is 12.1 Å². The monoisotopic (exact) mass is 266 g/mol. The summed E-state index contributed by atoms with van der Waals surface area (Å²) < 4.78 is 5.30. The van der Waals surface area contributed by atoms with E-state index in [0.717, 1.165) is 11.8 Å². The van der Waals surface area contributed by atoms with Crippen molar-refractivity contribution in [3.8, 4) is 17.6 Å². The average Bonchev–Trinajstić information content (AvgIpc) is 2.28. The highest BCUT2D eigenvalue weighted by Gasteiger charge is 2.02. The quantitative estimate of drug-likeness (QED) is 0.478. The minimum absolute atomic E-state index is 0.540. The molecule has 0 atom stereocenters. The molecule has 1 aromatic rings. The van der Waals surface area contributed by atoms with Crippen LogP contribution in [0.2, 0.25) is 0 Å². The summed E-state index contributed by atoms with van der Waals surface area (Å²) in [5.74, 6) is 6.41. The molecule has 0 bridgehead atoms. The second-order valence-electron chi connectivity index (χ2n) is 2.74. The zero-order valence-electron chi connectivity index (χ0n) is 8.42. The van der Waals surface area contributed by atoms with E-state index in [1.165, 1.54) is 0 Å². The van der Waals surface area contributed by atoms with Crippen LogP contribution in [0.3, 0.4) is 0 Å². The van der Waals surface area contributed by atoms with Crippen LogP contribution in [-0.4, -0.2) is 18.2 Å². The topological polar surface area (TPSA) is 26.3 Å². The van der Waals surface area contributed by atoms with Crippen LogP contribution in [0.4, 0.5) is 0 Å². The molecule has 0 heterocycles. The van der Waals surface area contributed by atoms with E-state index in [4.69, 9.17) is 4.74 Å². The first-order valence-electron chi connectivity index (χ1n) is 4.58. The molecule has 3 heteroatoms. The molecule has 1 rings (SSSR count). The molecule has 1 aromatic carbocycles. The number of alkyl halides is 1. The maximum absolute atomic E-state index is 10.8. The van der Waals surface area contributed by atoms with Crippen molar-refractivity contribution >= 4 is 22.2 Å². The molecule has 0 aliphatic heterocycles. The first-order chi connectivity index (χ1) is 7.31. The molecular formula is C12H11BrO2. The third-order valence-corrected chi connectivity index (χ3v) is 2.02. The lowest BCUT2D eigenvalue weighted by Gasteiger charge is -2.05. The van der Waals surface area contributed by atoms with Gasteiger partial charge in [-0.05, 0) is 25.1 Å². The van der Waals surface area contributed by atoms with Crippen molar-refractivity contribution in [3.63, 3.8) is 0 Å². The largest absolute Gasteiger partial charge is 0.493 e. The Morgan fingerprint density at radius 1 is 1.53 bits per heavy atom. The van der Waals surface area contributed by atoms with E-state index < -0.39 is 0 Å².